The van der Waals surface area contributed by atoms with Crippen LogP contribution in [-0.2, 0) is 9.59 Å². The van der Waals surface area contributed by atoms with Gasteiger partial charge in [-0.15, -0.1) is 11.8 Å². The first kappa shape index (κ1) is 32.9. The Bertz CT molecular complexity index is 2140. The second-order valence-electron chi connectivity index (χ2n) is 11.5. The van der Waals surface area contributed by atoms with E-state index < -0.39 is 17.1 Å². The van der Waals surface area contributed by atoms with Gasteiger partial charge in [0.1, 0.15) is 5.70 Å². The highest BCUT2D eigenvalue weighted by Gasteiger charge is 2.32. The minimum absolute atomic E-state index is 0.0605. The Labute approximate surface area is 287 Å². The van der Waals surface area contributed by atoms with Crippen molar-refractivity contribution in [2.24, 2.45) is 0 Å². The first-order valence-electron chi connectivity index (χ1n) is 15.5. The predicted molar refractivity (Wildman–Crippen MR) is 192 cm³/mol. The summed E-state index contributed by atoms with van der Waals surface area (Å²) in [5.74, 6) is -1.89. The Morgan fingerprint density at radius 3 is 2.08 bits per heavy atom. The van der Waals surface area contributed by atoms with E-state index in [-0.39, 0.29) is 40.0 Å². The van der Waals surface area contributed by atoms with Gasteiger partial charge in [0.25, 0.3) is 11.8 Å². The molecule has 5 aromatic rings. The molecule has 3 N–H and O–H groups in total. The fourth-order valence-corrected chi connectivity index (χ4v) is 6.28. The summed E-state index contributed by atoms with van der Waals surface area (Å²) in [6.45, 7) is 3.69. The number of carbonyl (C=O) groups is 5. The van der Waals surface area contributed by atoms with Crippen LogP contribution in [0.1, 0.15) is 60.3 Å². The molecule has 0 fully saturated rings. The van der Waals surface area contributed by atoms with Gasteiger partial charge in [0, 0.05) is 32.8 Å². The third kappa shape index (κ3) is 7.42. The maximum Gasteiger partial charge on any atom is 0.272 e. The summed E-state index contributed by atoms with van der Waals surface area (Å²) < 4.78 is 0. The number of ketones is 2. The van der Waals surface area contributed by atoms with E-state index in [1.54, 1.807) is 104 Å². The molecule has 0 spiro atoms. The van der Waals surface area contributed by atoms with Gasteiger partial charge >= 0.3 is 0 Å². The molecule has 0 radical (unpaired) electrons. The van der Waals surface area contributed by atoms with Crippen molar-refractivity contribution in [2.75, 3.05) is 10.6 Å². The molecule has 0 heterocycles. The number of amides is 3. The molecule has 242 valence electrons. The van der Waals surface area contributed by atoms with Crippen LogP contribution in [0.3, 0.4) is 0 Å². The van der Waals surface area contributed by atoms with Crippen LogP contribution >= 0.6 is 11.8 Å². The van der Waals surface area contributed by atoms with Crippen LogP contribution in [0.5, 0.6) is 0 Å². The molecule has 9 heteroatoms. The van der Waals surface area contributed by atoms with Gasteiger partial charge in [0.05, 0.1) is 16.5 Å². The zero-order valence-corrected chi connectivity index (χ0v) is 27.5. The lowest BCUT2D eigenvalue weighted by Crippen LogP contribution is -2.30. The van der Waals surface area contributed by atoms with E-state index in [0.717, 1.165) is 11.1 Å². The lowest BCUT2D eigenvalue weighted by Gasteiger charge is -2.21. The fraction of sp³-hybridized carbons (Fsp3) is 0.0750. The summed E-state index contributed by atoms with van der Waals surface area (Å²) >= 11 is 1.26. The minimum Gasteiger partial charge on any atom is -0.324 e. The Hall–Kier alpha value is -6.06. The largest absolute Gasteiger partial charge is 0.324 e. The van der Waals surface area contributed by atoms with E-state index in [2.05, 4.69) is 16.0 Å². The maximum atomic E-state index is 13.5. The van der Waals surface area contributed by atoms with Crippen molar-refractivity contribution >= 4 is 58.5 Å². The summed E-state index contributed by atoms with van der Waals surface area (Å²) in [6, 6.07) is 34.7. The van der Waals surface area contributed by atoms with E-state index in [1.807, 2.05) is 37.3 Å². The van der Waals surface area contributed by atoms with Gasteiger partial charge < -0.3 is 16.0 Å². The highest BCUT2D eigenvalue weighted by atomic mass is 32.2. The molecule has 3 amide bonds. The number of nitrogens with one attached hydrogen (secondary N) is 3. The third-order valence-electron chi connectivity index (χ3n) is 7.90. The molecule has 0 saturated carbocycles. The zero-order valence-electron chi connectivity index (χ0n) is 26.7. The molecule has 1 aliphatic carbocycles. The number of benzene rings is 5. The minimum atomic E-state index is -0.606. The lowest BCUT2D eigenvalue weighted by atomic mass is 9.83. The van der Waals surface area contributed by atoms with Gasteiger partial charge in [-0.1, -0.05) is 90.5 Å². The van der Waals surface area contributed by atoms with E-state index in [1.165, 1.54) is 11.8 Å². The van der Waals surface area contributed by atoms with Gasteiger partial charge in [-0.25, -0.2) is 0 Å². The number of thioether (sulfide) groups is 1. The Balaban J connectivity index is 1.16. The van der Waals surface area contributed by atoms with Gasteiger partial charge in [-0.05, 0) is 61.9 Å². The number of hydrogen-bond donors (Lipinski definition) is 3. The summed E-state index contributed by atoms with van der Waals surface area (Å²) in [7, 11) is 0. The number of carbonyl (C=O) groups excluding carboxylic acids is 5. The molecule has 0 aliphatic heterocycles. The highest BCUT2D eigenvalue weighted by molar-refractivity contribution is 8.00. The number of aryl methyl sites for hydroxylation is 1. The highest BCUT2D eigenvalue weighted by Crippen LogP contribution is 2.33. The number of rotatable bonds is 9. The lowest BCUT2D eigenvalue weighted by molar-refractivity contribution is -0.115. The number of hydrogen-bond acceptors (Lipinski definition) is 6. The van der Waals surface area contributed by atoms with Crippen molar-refractivity contribution in [3.8, 4) is 0 Å². The van der Waals surface area contributed by atoms with Crippen molar-refractivity contribution < 1.29 is 24.0 Å². The average molecular weight is 666 g/mol. The fourth-order valence-electron chi connectivity index (χ4n) is 5.36. The van der Waals surface area contributed by atoms with Crippen molar-refractivity contribution in [2.45, 2.75) is 24.0 Å². The van der Waals surface area contributed by atoms with Crippen molar-refractivity contribution in [1.82, 2.24) is 5.32 Å². The predicted octanol–water partition coefficient (Wildman–Crippen LogP) is 7.30. The van der Waals surface area contributed by atoms with Crippen LogP contribution in [0.15, 0.2) is 132 Å². The van der Waals surface area contributed by atoms with E-state index in [0.29, 0.717) is 27.3 Å². The van der Waals surface area contributed by atoms with Crippen molar-refractivity contribution in [3.05, 3.63) is 166 Å². The van der Waals surface area contributed by atoms with E-state index in [9.17, 15) is 24.0 Å². The molecule has 1 atom stereocenters. The molecular weight excluding hydrogens is 635 g/mol. The van der Waals surface area contributed by atoms with Crippen LogP contribution in [-0.4, -0.2) is 34.5 Å². The van der Waals surface area contributed by atoms with Gasteiger partial charge in [0.2, 0.25) is 5.91 Å². The Morgan fingerprint density at radius 2 is 1.35 bits per heavy atom. The number of fused-ring (bicyclic) bond motifs is 2. The summed E-state index contributed by atoms with van der Waals surface area (Å²) in [4.78, 5) is 67.1. The molecular formula is C40H31N3O5S. The number of anilines is 2. The van der Waals surface area contributed by atoms with Crippen molar-refractivity contribution in [1.29, 1.82) is 0 Å². The quantitative estimate of drug-likeness (QED) is 0.110. The van der Waals surface area contributed by atoms with Gasteiger partial charge in [-0.2, -0.15) is 0 Å². The monoisotopic (exact) mass is 665 g/mol. The van der Waals surface area contributed by atoms with Crippen molar-refractivity contribution in [3.63, 3.8) is 0 Å². The summed E-state index contributed by atoms with van der Waals surface area (Å²) in [5, 5.41) is 7.84. The second kappa shape index (κ2) is 14.4. The maximum absolute atomic E-state index is 13.5. The van der Waals surface area contributed by atoms with E-state index in [4.69, 9.17) is 0 Å². The Morgan fingerprint density at radius 1 is 0.694 bits per heavy atom. The standard InChI is InChI=1S/C40H31N3O5S/c1-24-18-20-26(21-19-24)22-34(43-39(47)27-10-4-3-5-11-27)40(48)41-28-12-8-13-29(23-28)49-25(2)38(46)42-33-17-9-16-32-35(33)37(45)31-15-7-6-14-30(31)36(32)44/h3-23,25H,1-2H3,(H,41,48)(H,42,46)(H,43,47)/b34-22+. The molecule has 0 bridgehead atoms. The third-order valence-corrected chi connectivity index (χ3v) is 9.00. The average Bonchev–Trinajstić information content (AvgIpc) is 3.11. The molecule has 6 rings (SSSR count). The van der Waals surface area contributed by atoms with Crippen LogP contribution in [0.4, 0.5) is 11.4 Å². The summed E-state index contributed by atoms with van der Waals surface area (Å²) in [6.07, 6.45) is 1.61. The molecule has 1 unspecified atom stereocenters. The first-order chi connectivity index (χ1) is 23.7. The summed E-state index contributed by atoms with van der Waals surface area (Å²) in [5.41, 5.74) is 4.08. The molecule has 49 heavy (non-hydrogen) atoms. The SMILES string of the molecule is Cc1ccc(/C=C(/NC(=O)c2ccccc2)C(=O)Nc2cccc(SC(C)C(=O)Nc3cccc4c3C(=O)c3ccccc3C4=O)c2)cc1. The van der Waals surface area contributed by atoms with Crippen LogP contribution in [0, 0.1) is 6.92 Å². The zero-order chi connectivity index (χ0) is 34.5. The Kier molecular flexibility index (Phi) is 9.64. The first-order valence-corrected chi connectivity index (χ1v) is 16.4. The molecule has 0 aromatic heterocycles. The van der Waals surface area contributed by atoms with Crippen LogP contribution in [0.25, 0.3) is 6.08 Å². The van der Waals surface area contributed by atoms with Crippen LogP contribution < -0.4 is 16.0 Å². The molecule has 0 saturated heterocycles. The topological polar surface area (TPSA) is 121 Å². The molecule has 1 aliphatic rings. The van der Waals surface area contributed by atoms with E-state index >= 15 is 0 Å². The van der Waals surface area contributed by atoms with Gasteiger partial charge in [-0.3, -0.25) is 24.0 Å². The normalized spacial score (nSPS) is 12.7. The molecule has 5 aromatic carbocycles. The smallest absolute Gasteiger partial charge is 0.272 e. The van der Waals surface area contributed by atoms with Crippen LogP contribution in [0.2, 0.25) is 0 Å². The molecule has 8 nitrogen and oxygen atoms in total. The van der Waals surface area contributed by atoms with Gasteiger partial charge in [0.15, 0.2) is 11.6 Å². The second-order valence-corrected chi connectivity index (χ2v) is 12.9.